The van der Waals surface area contributed by atoms with Crippen LogP contribution in [0.1, 0.15) is 49.4 Å². The standard InChI is InChI=1S/C26H25N7O3S.2C2H6/c1-15-8-18(19-9-16(2)29-13-23(19)36-5)20(11-28-15)25(34)32-14-37-26-22(27-3)12-31-24(33-26)21-7-6-17(35-4)10-30-21;2*1-2/h6-13H,3,14H2,1-2,4-5H3,(H,32,34);2*1-2H3. The zero-order chi connectivity index (χ0) is 30.4. The lowest BCUT2D eigenvalue weighted by Gasteiger charge is -2.14. The van der Waals surface area contributed by atoms with Crippen LogP contribution < -0.4 is 14.8 Å². The van der Waals surface area contributed by atoms with Crippen molar-refractivity contribution >= 4 is 30.1 Å². The first-order chi connectivity index (χ1) is 19.9. The normalized spacial score (nSPS) is 9.85. The number of pyridine rings is 3. The molecule has 1 N–H and O–H groups in total. The lowest BCUT2D eigenvalue weighted by molar-refractivity contribution is 0.0961. The van der Waals surface area contributed by atoms with Gasteiger partial charge in [-0.2, -0.15) is 0 Å². The number of aryl methyl sites for hydroxylation is 2. The summed E-state index contributed by atoms with van der Waals surface area (Å²) in [5, 5.41) is 3.49. The second-order valence-electron chi connectivity index (χ2n) is 7.82. The van der Waals surface area contributed by atoms with Crippen LogP contribution in [0.15, 0.2) is 59.1 Å². The zero-order valence-electron chi connectivity index (χ0n) is 24.8. The molecule has 0 aliphatic heterocycles. The molecule has 0 spiro atoms. The van der Waals surface area contributed by atoms with Crippen LogP contribution in [-0.4, -0.2) is 57.6 Å². The Hall–Kier alpha value is -4.38. The van der Waals surface area contributed by atoms with Gasteiger partial charge in [-0.05, 0) is 44.8 Å². The fourth-order valence-corrected chi connectivity index (χ4v) is 4.24. The van der Waals surface area contributed by atoms with Gasteiger partial charge in [0.25, 0.3) is 5.91 Å². The SMILES string of the molecule is C=Nc1cnc(-c2ccc(OC)cn2)nc1SCNC(=O)c1cnc(C)cc1-c1cc(C)ncc1OC.CC.CC. The monoisotopic (exact) mass is 575 g/mol. The van der Waals surface area contributed by atoms with Gasteiger partial charge in [-0.3, -0.25) is 19.8 Å². The minimum absolute atomic E-state index is 0.230. The van der Waals surface area contributed by atoms with E-state index in [0.717, 1.165) is 17.0 Å². The van der Waals surface area contributed by atoms with Crippen LogP contribution in [0.3, 0.4) is 0 Å². The van der Waals surface area contributed by atoms with E-state index < -0.39 is 0 Å². The number of ether oxygens (including phenoxy) is 2. The molecule has 4 rings (SSSR count). The maximum atomic E-state index is 13.2. The first kappa shape index (κ1) is 32.8. The number of carbonyl (C=O) groups excluding carboxylic acids is 1. The lowest BCUT2D eigenvalue weighted by atomic mass is 9.99. The van der Waals surface area contributed by atoms with Crippen molar-refractivity contribution in [1.29, 1.82) is 0 Å². The van der Waals surface area contributed by atoms with Gasteiger partial charge in [0.05, 0.1) is 44.3 Å². The van der Waals surface area contributed by atoms with E-state index >= 15 is 0 Å². The number of carbonyl (C=O) groups is 1. The Morgan fingerprint density at radius 2 is 1.59 bits per heavy atom. The summed E-state index contributed by atoms with van der Waals surface area (Å²) in [5.74, 6) is 1.57. The van der Waals surface area contributed by atoms with Crippen molar-refractivity contribution in [2.75, 3.05) is 20.1 Å². The topological polar surface area (TPSA) is 124 Å². The molecule has 4 aromatic rings. The van der Waals surface area contributed by atoms with Crippen LogP contribution in [0.25, 0.3) is 22.6 Å². The van der Waals surface area contributed by atoms with Crippen molar-refractivity contribution in [2.45, 2.75) is 46.6 Å². The van der Waals surface area contributed by atoms with Crippen LogP contribution in [0, 0.1) is 13.8 Å². The summed E-state index contributed by atoms with van der Waals surface area (Å²) in [6.45, 7) is 15.4. The molecular weight excluding hydrogens is 538 g/mol. The van der Waals surface area contributed by atoms with Gasteiger partial charge >= 0.3 is 0 Å². The molecule has 4 aromatic heterocycles. The first-order valence-corrected chi connectivity index (χ1v) is 14.1. The predicted octanol–water partition coefficient (Wildman–Crippen LogP) is 6.49. The highest BCUT2D eigenvalue weighted by Gasteiger charge is 2.18. The largest absolute Gasteiger partial charge is 0.495 e. The number of amides is 1. The van der Waals surface area contributed by atoms with E-state index in [1.54, 1.807) is 51.1 Å². The fraction of sp³-hybridized carbons (Fsp3) is 0.300. The number of methoxy groups -OCH3 is 2. The first-order valence-electron chi connectivity index (χ1n) is 13.2. The fourth-order valence-electron chi connectivity index (χ4n) is 3.48. The van der Waals surface area contributed by atoms with Gasteiger partial charge in [0, 0.05) is 28.7 Å². The third-order valence-corrected chi connectivity index (χ3v) is 6.21. The quantitative estimate of drug-likeness (QED) is 0.103. The molecule has 0 aromatic carbocycles. The van der Waals surface area contributed by atoms with Crippen molar-refractivity contribution in [1.82, 2.24) is 30.2 Å². The zero-order valence-corrected chi connectivity index (χ0v) is 25.7. The molecule has 0 atom stereocenters. The van der Waals surface area contributed by atoms with E-state index in [0.29, 0.717) is 44.9 Å². The molecule has 0 bridgehead atoms. The molecule has 0 aliphatic carbocycles. The van der Waals surface area contributed by atoms with Crippen molar-refractivity contribution in [3.05, 3.63) is 66.0 Å². The smallest absolute Gasteiger partial charge is 0.254 e. The van der Waals surface area contributed by atoms with Crippen LogP contribution in [-0.2, 0) is 0 Å². The van der Waals surface area contributed by atoms with E-state index in [-0.39, 0.29) is 11.8 Å². The van der Waals surface area contributed by atoms with Crippen molar-refractivity contribution in [3.8, 4) is 34.1 Å². The number of aromatic nitrogens is 5. The molecule has 0 radical (unpaired) electrons. The third-order valence-electron chi connectivity index (χ3n) is 5.35. The molecule has 0 saturated carbocycles. The highest BCUT2D eigenvalue weighted by atomic mass is 32.2. The minimum atomic E-state index is -0.286. The second kappa shape index (κ2) is 16.7. The van der Waals surface area contributed by atoms with E-state index in [1.165, 1.54) is 11.8 Å². The van der Waals surface area contributed by atoms with Gasteiger partial charge < -0.3 is 14.8 Å². The van der Waals surface area contributed by atoms with Crippen LogP contribution in [0.2, 0.25) is 0 Å². The number of rotatable bonds is 9. The van der Waals surface area contributed by atoms with Crippen LogP contribution in [0.5, 0.6) is 11.5 Å². The number of aliphatic imine (C=N–C) groups is 1. The van der Waals surface area contributed by atoms with Gasteiger partial charge in [-0.25, -0.2) is 15.0 Å². The maximum absolute atomic E-state index is 13.2. The Morgan fingerprint density at radius 1 is 0.902 bits per heavy atom. The summed E-state index contributed by atoms with van der Waals surface area (Å²) >= 11 is 1.30. The lowest BCUT2D eigenvalue weighted by Crippen LogP contribution is -2.24. The Kier molecular flexibility index (Phi) is 13.3. The second-order valence-corrected chi connectivity index (χ2v) is 8.78. The van der Waals surface area contributed by atoms with Crippen LogP contribution in [0.4, 0.5) is 5.69 Å². The van der Waals surface area contributed by atoms with Gasteiger partial charge in [-0.15, -0.1) is 0 Å². The average Bonchev–Trinajstić information content (AvgIpc) is 3.02. The molecular formula is C30H37N7O3S. The molecule has 1 amide bonds. The highest BCUT2D eigenvalue weighted by Crippen LogP contribution is 2.33. The number of nitrogens with zero attached hydrogens (tertiary/aromatic N) is 6. The Morgan fingerprint density at radius 3 is 2.20 bits per heavy atom. The van der Waals surface area contributed by atoms with Crippen molar-refractivity contribution in [2.24, 2.45) is 4.99 Å². The van der Waals surface area contributed by atoms with Gasteiger partial charge in [0.2, 0.25) is 0 Å². The maximum Gasteiger partial charge on any atom is 0.254 e. The third kappa shape index (κ3) is 8.55. The predicted molar refractivity (Wildman–Crippen MR) is 165 cm³/mol. The molecule has 0 aliphatic rings. The molecule has 4 heterocycles. The number of hydrogen-bond donors (Lipinski definition) is 1. The molecule has 41 heavy (non-hydrogen) atoms. The van der Waals surface area contributed by atoms with Gasteiger partial charge in [0.15, 0.2) is 5.82 Å². The molecule has 0 fully saturated rings. The Bertz CT molecular complexity index is 1450. The average molecular weight is 576 g/mol. The Labute approximate surface area is 246 Å². The summed E-state index contributed by atoms with van der Waals surface area (Å²) in [7, 11) is 3.15. The number of nitrogens with one attached hydrogen (secondary N) is 1. The Balaban J connectivity index is 0.00000141. The number of hydrogen-bond acceptors (Lipinski definition) is 10. The van der Waals surface area contributed by atoms with E-state index in [1.807, 2.05) is 53.7 Å². The molecule has 11 heteroatoms. The van der Waals surface area contributed by atoms with E-state index in [4.69, 9.17) is 9.47 Å². The van der Waals surface area contributed by atoms with Gasteiger partial charge in [0.1, 0.15) is 27.9 Å². The van der Waals surface area contributed by atoms with Crippen molar-refractivity contribution in [3.63, 3.8) is 0 Å². The number of thioether (sulfide) groups is 1. The molecule has 0 saturated heterocycles. The van der Waals surface area contributed by atoms with Crippen LogP contribution >= 0.6 is 11.8 Å². The summed E-state index contributed by atoms with van der Waals surface area (Å²) in [6.07, 6.45) is 6.38. The van der Waals surface area contributed by atoms with E-state index in [2.05, 4.69) is 41.9 Å². The summed E-state index contributed by atoms with van der Waals surface area (Å²) in [4.78, 5) is 39.1. The van der Waals surface area contributed by atoms with Crippen molar-refractivity contribution < 1.29 is 14.3 Å². The summed E-state index contributed by atoms with van der Waals surface area (Å²) in [6, 6.07) is 7.30. The minimum Gasteiger partial charge on any atom is -0.495 e. The highest BCUT2D eigenvalue weighted by molar-refractivity contribution is 7.99. The van der Waals surface area contributed by atoms with E-state index in [9.17, 15) is 4.79 Å². The summed E-state index contributed by atoms with van der Waals surface area (Å²) < 4.78 is 10.6. The molecule has 0 unspecified atom stereocenters. The molecule has 10 nitrogen and oxygen atoms in total. The molecule has 216 valence electrons. The van der Waals surface area contributed by atoms with Gasteiger partial charge in [-0.1, -0.05) is 39.5 Å². The summed E-state index contributed by atoms with van der Waals surface area (Å²) in [5.41, 5.74) is 4.57.